The fourth-order valence-electron chi connectivity index (χ4n) is 2.34. The van der Waals surface area contributed by atoms with E-state index in [1.807, 2.05) is 30.1 Å². The van der Waals surface area contributed by atoms with E-state index in [1.54, 1.807) is 0 Å². The molecule has 0 unspecified atom stereocenters. The predicted octanol–water partition coefficient (Wildman–Crippen LogP) is 1.87. The van der Waals surface area contributed by atoms with Crippen molar-refractivity contribution in [2.75, 3.05) is 0 Å². The van der Waals surface area contributed by atoms with Gasteiger partial charge in [0.05, 0.1) is 28.6 Å². The summed E-state index contributed by atoms with van der Waals surface area (Å²) in [5.41, 5.74) is 2.39. The summed E-state index contributed by atoms with van der Waals surface area (Å²) in [4.78, 5) is 4.46. The third-order valence-corrected chi connectivity index (χ3v) is 4.29. The van der Waals surface area contributed by atoms with Crippen LogP contribution < -0.4 is 5.46 Å². The van der Waals surface area contributed by atoms with Gasteiger partial charge in [-0.3, -0.25) is 0 Å². The average molecular weight is 258 g/mol. The van der Waals surface area contributed by atoms with Crippen molar-refractivity contribution >= 4 is 23.6 Å². The molecular weight excluding hydrogens is 239 g/mol. The lowest BCUT2D eigenvalue weighted by Crippen LogP contribution is -2.41. The van der Waals surface area contributed by atoms with Crippen LogP contribution >= 0.6 is 0 Å². The third-order valence-electron chi connectivity index (χ3n) is 4.29. The van der Waals surface area contributed by atoms with E-state index in [-0.39, 0.29) is 18.3 Å². The van der Waals surface area contributed by atoms with Crippen molar-refractivity contribution in [2.24, 2.45) is 7.05 Å². The van der Waals surface area contributed by atoms with Crippen LogP contribution in [0.15, 0.2) is 24.5 Å². The minimum Gasteiger partial charge on any atom is -0.399 e. The Hall–Kier alpha value is -1.33. The summed E-state index contributed by atoms with van der Waals surface area (Å²) in [6.07, 6.45) is 1.82. The van der Waals surface area contributed by atoms with E-state index in [0.29, 0.717) is 0 Å². The topological polar surface area (TPSA) is 36.3 Å². The van der Waals surface area contributed by atoms with Gasteiger partial charge in [-0.1, -0.05) is 12.1 Å². The number of rotatable bonds is 1. The van der Waals surface area contributed by atoms with Gasteiger partial charge >= 0.3 is 7.12 Å². The third kappa shape index (κ3) is 1.80. The number of imidazole rings is 1. The Labute approximate surface area is 113 Å². The van der Waals surface area contributed by atoms with Crippen molar-refractivity contribution in [1.82, 2.24) is 9.55 Å². The SMILES string of the molecule is Cn1cnc2c(B3OC(C)(C)C(C)(C)O3)cccc21. The molecule has 0 aliphatic carbocycles. The molecule has 100 valence electrons. The summed E-state index contributed by atoms with van der Waals surface area (Å²) >= 11 is 0. The van der Waals surface area contributed by atoms with Crippen molar-refractivity contribution in [3.63, 3.8) is 0 Å². The molecule has 1 saturated heterocycles. The largest absolute Gasteiger partial charge is 0.497 e. The summed E-state index contributed by atoms with van der Waals surface area (Å²) in [5.74, 6) is 0. The van der Waals surface area contributed by atoms with Crippen LogP contribution in [0.3, 0.4) is 0 Å². The van der Waals surface area contributed by atoms with Gasteiger partial charge in [-0.05, 0) is 33.8 Å². The van der Waals surface area contributed by atoms with Gasteiger partial charge in [0.25, 0.3) is 0 Å². The lowest BCUT2D eigenvalue weighted by Gasteiger charge is -2.32. The zero-order valence-corrected chi connectivity index (χ0v) is 12.1. The van der Waals surface area contributed by atoms with E-state index in [9.17, 15) is 0 Å². The van der Waals surface area contributed by atoms with E-state index >= 15 is 0 Å². The quantitative estimate of drug-likeness (QED) is 0.733. The highest BCUT2D eigenvalue weighted by molar-refractivity contribution is 6.64. The number of hydrogen-bond donors (Lipinski definition) is 0. The Morgan fingerprint density at radius 2 is 1.74 bits per heavy atom. The fourth-order valence-corrected chi connectivity index (χ4v) is 2.34. The minimum absolute atomic E-state index is 0.325. The second-order valence-electron chi connectivity index (χ2n) is 6.16. The van der Waals surface area contributed by atoms with Crippen LogP contribution in [0.5, 0.6) is 0 Å². The highest BCUT2D eigenvalue weighted by Crippen LogP contribution is 2.36. The van der Waals surface area contributed by atoms with Crippen molar-refractivity contribution < 1.29 is 9.31 Å². The molecule has 1 fully saturated rings. The van der Waals surface area contributed by atoms with Gasteiger partial charge < -0.3 is 13.9 Å². The average Bonchev–Trinajstić information content (AvgIpc) is 2.78. The van der Waals surface area contributed by atoms with Crippen molar-refractivity contribution in [1.29, 1.82) is 0 Å². The first-order valence-electron chi connectivity index (χ1n) is 6.57. The molecule has 2 aromatic rings. The Bertz CT molecular complexity index is 617. The summed E-state index contributed by atoms with van der Waals surface area (Å²) in [5, 5.41) is 0. The van der Waals surface area contributed by atoms with Gasteiger partial charge in [0, 0.05) is 12.5 Å². The Morgan fingerprint density at radius 3 is 2.37 bits per heavy atom. The number of hydrogen-bond acceptors (Lipinski definition) is 3. The minimum atomic E-state index is -0.358. The maximum absolute atomic E-state index is 6.10. The maximum atomic E-state index is 6.10. The van der Waals surface area contributed by atoms with Gasteiger partial charge in [-0.15, -0.1) is 0 Å². The molecule has 4 nitrogen and oxygen atoms in total. The smallest absolute Gasteiger partial charge is 0.399 e. The van der Waals surface area contributed by atoms with E-state index in [0.717, 1.165) is 16.5 Å². The van der Waals surface area contributed by atoms with Gasteiger partial charge in [-0.2, -0.15) is 0 Å². The van der Waals surface area contributed by atoms with Crippen LogP contribution in [0, 0.1) is 0 Å². The fraction of sp³-hybridized carbons (Fsp3) is 0.500. The monoisotopic (exact) mass is 258 g/mol. The molecule has 1 aromatic carbocycles. The molecule has 1 aliphatic rings. The van der Waals surface area contributed by atoms with Gasteiger partial charge in [0.2, 0.25) is 0 Å². The standard InChI is InChI=1S/C14H19BN2O2/c1-13(2)14(3,4)19-15(18-13)10-7-6-8-11-12(10)16-9-17(11)5/h6-9H,1-5H3. The second-order valence-corrected chi connectivity index (χ2v) is 6.16. The molecule has 0 spiro atoms. The van der Waals surface area contributed by atoms with Crippen molar-refractivity contribution in [3.8, 4) is 0 Å². The first kappa shape index (κ1) is 12.7. The first-order chi connectivity index (χ1) is 8.82. The predicted molar refractivity (Wildman–Crippen MR) is 76.4 cm³/mol. The molecule has 0 amide bonds. The van der Waals surface area contributed by atoms with E-state index in [1.165, 1.54) is 0 Å². The van der Waals surface area contributed by atoms with E-state index in [4.69, 9.17) is 9.31 Å². The Morgan fingerprint density at radius 1 is 1.11 bits per heavy atom. The molecule has 2 heterocycles. The number of nitrogens with zero attached hydrogens (tertiary/aromatic N) is 2. The van der Waals surface area contributed by atoms with Crippen LogP contribution in [0.2, 0.25) is 0 Å². The molecule has 1 aromatic heterocycles. The lowest BCUT2D eigenvalue weighted by atomic mass is 9.78. The molecule has 0 saturated carbocycles. The van der Waals surface area contributed by atoms with E-state index < -0.39 is 0 Å². The summed E-state index contributed by atoms with van der Waals surface area (Å²) in [6, 6.07) is 6.10. The Balaban J connectivity index is 2.07. The highest BCUT2D eigenvalue weighted by Gasteiger charge is 2.52. The van der Waals surface area contributed by atoms with Crippen LogP contribution in [0.25, 0.3) is 11.0 Å². The molecule has 19 heavy (non-hydrogen) atoms. The number of aromatic nitrogens is 2. The van der Waals surface area contributed by atoms with Gasteiger partial charge in [-0.25, -0.2) is 4.98 Å². The van der Waals surface area contributed by atoms with Crippen molar-refractivity contribution in [2.45, 2.75) is 38.9 Å². The molecule has 1 aliphatic heterocycles. The van der Waals surface area contributed by atoms with Gasteiger partial charge in [0.1, 0.15) is 0 Å². The summed E-state index contributed by atoms with van der Waals surface area (Å²) in [7, 11) is 1.63. The molecule has 0 atom stereocenters. The first-order valence-corrected chi connectivity index (χ1v) is 6.57. The van der Waals surface area contributed by atoms with Crippen LogP contribution in [-0.2, 0) is 16.4 Å². The zero-order valence-electron chi connectivity index (χ0n) is 12.1. The normalized spacial score (nSPS) is 21.2. The summed E-state index contributed by atoms with van der Waals surface area (Å²) < 4.78 is 14.2. The molecule has 0 radical (unpaired) electrons. The van der Waals surface area contributed by atoms with Crippen LogP contribution in [0.1, 0.15) is 27.7 Å². The Kier molecular flexibility index (Phi) is 2.56. The maximum Gasteiger partial charge on any atom is 0.497 e. The molecule has 0 bridgehead atoms. The van der Waals surface area contributed by atoms with Crippen LogP contribution in [0.4, 0.5) is 0 Å². The number of fused-ring (bicyclic) bond motifs is 1. The molecule has 5 heteroatoms. The highest BCUT2D eigenvalue weighted by atomic mass is 16.7. The molecular formula is C14H19BN2O2. The number of aryl methyl sites for hydroxylation is 1. The zero-order chi connectivity index (χ0) is 13.8. The molecule has 3 rings (SSSR count). The summed E-state index contributed by atoms with van der Waals surface area (Å²) in [6.45, 7) is 8.24. The van der Waals surface area contributed by atoms with Crippen LogP contribution in [-0.4, -0.2) is 27.9 Å². The van der Waals surface area contributed by atoms with Gasteiger partial charge in [0.15, 0.2) is 0 Å². The molecule has 0 N–H and O–H groups in total. The second kappa shape index (κ2) is 3.84. The lowest BCUT2D eigenvalue weighted by molar-refractivity contribution is 0.00578. The number of benzene rings is 1. The number of para-hydroxylation sites is 1. The van der Waals surface area contributed by atoms with E-state index in [2.05, 4.69) is 38.7 Å². The van der Waals surface area contributed by atoms with Crippen molar-refractivity contribution in [3.05, 3.63) is 24.5 Å².